The van der Waals surface area contributed by atoms with Gasteiger partial charge in [-0.25, -0.2) is 0 Å². The molecule has 2 aromatic rings. The average Bonchev–Trinajstić information content (AvgIpc) is 2.69. The molecule has 0 aromatic heterocycles. The molecule has 0 heterocycles. The van der Waals surface area contributed by atoms with Gasteiger partial charge in [0.2, 0.25) is 0 Å². The first-order valence-electron chi connectivity index (χ1n) is 10.9. The lowest BCUT2D eigenvalue weighted by molar-refractivity contribution is -0.0186. The third kappa shape index (κ3) is 9.90. The van der Waals surface area contributed by atoms with Crippen LogP contribution in [0.25, 0.3) is 11.1 Å². The van der Waals surface area contributed by atoms with Gasteiger partial charge in [-0.3, -0.25) is 0 Å². The minimum atomic E-state index is -0.117. The van der Waals surface area contributed by atoms with Gasteiger partial charge >= 0.3 is 0 Å². The highest BCUT2D eigenvalue weighted by Crippen LogP contribution is 2.22. The summed E-state index contributed by atoms with van der Waals surface area (Å²) in [7, 11) is 0. The summed E-state index contributed by atoms with van der Waals surface area (Å²) in [6, 6.07) is 19.4. The Bertz CT molecular complexity index is 661. The first-order chi connectivity index (χ1) is 13.5. The normalized spacial score (nSPS) is 10.8. The van der Waals surface area contributed by atoms with Crippen LogP contribution in [0.5, 0.6) is 0 Å². The fourth-order valence-electron chi connectivity index (χ4n) is 3.15. The van der Waals surface area contributed by atoms with E-state index in [0.29, 0.717) is 0 Å². The third-order valence-electron chi connectivity index (χ3n) is 4.58. The molecule has 1 nitrogen and oxygen atoms in total. The topological polar surface area (TPSA) is 9.23 Å². The monoisotopic (exact) mass is 380 g/mol. The van der Waals surface area contributed by atoms with Crippen LogP contribution in [0.4, 0.5) is 0 Å². The van der Waals surface area contributed by atoms with Gasteiger partial charge in [0.05, 0.1) is 5.60 Å². The Balaban J connectivity index is 0.00000190. The molecule has 154 valence electrons. The summed E-state index contributed by atoms with van der Waals surface area (Å²) in [5, 5.41) is 0. The van der Waals surface area contributed by atoms with E-state index in [4.69, 9.17) is 4.74 Å². The van der Waals surface area contributed by atoms with E-state index in [-0.39, 0.29) is 5.60 Å². The van der Waals surface area contributed by atoms with E-state index >= 15 is 0 Å². The highest BCUT2D eigenvalue weighted by Gasteiger charge is 2.18. The number of hydrogen-bond acceptors (Lipinski definition) is 1. The summed E-state index contributed by atoms with van der Waals surface area (Å²) in [5.41, 5.74) is 5.17. The maximum atomic E-state index is 6.16. The van der Waals surface area contributed by atoms with Gasteiger partial charge in [-0.15, -0.1) is 0 Å². The smallest absolute Gasteiger partial charge is 0.0666 e. The Morgan fingerprint density at radius 3 is 2.04 bits per heavy atom. The molecule has 2 rings (SSSR count). The molecule has 0 fully saturated rings. The van der Waals surface area contributed by atoms with E-state index in [1.54, 1.807) is 0 Å². The molecule has 0 aliphatic carbocycles. The van der Waals surface area contributed by atoms with Gasteiger partial charge in [0, 0.05) is 13.0 Å². The molecule has 0 bridgehead atoms. The molecule has 0 saturated heterocycles. The van der Waals surface area contributed by atoms with Crippen molar-refractivity contribution in [3.8, 4) is 11.1 Å². The van der Waals surface area contributed by atoms with E-state index in [1.807, 2.05) is 13.8 Å². The standard InChI is InChI=1S/C25H34O.C2H6/c1-21(2)12-8-5-6-11-19-26-25(3,4)20-22-15-17-24(18-16-22)23-13-9-7-10-14-23;1-2/h7,9-10,12-18H,5-6,8,11,19-20H2,1-4H3;1-2H3. The molecule has 0 radical (unpaired) electrons. The second-order valence-electron chi connectivity index (χ2n) is 7.98. The SMILES string of the molecule is CC.CC(C)=CCCCCCOC(C)(C)Cc1ccc(-c2ccccc2)cc1. The van der Waals surface area contributed by atoms with Crippen molar-refractivity contribution in [2.24, 2.45) is 0 Å². The molecule has 2 aromatic carbocycles. The Morgan fingerprint density at radius 1 is 0.821 bits per heavy atom. The number of unbranched alkanes of at least 4 members (excludes halogenated alkanes) is 3. The van der Waals surface area contributed by atoms with Gasteiger partial charge < -0.3 is 4.74 Å². The first-order valence-corrected chi connectivity index (χ1v) is 10.9. The third-order valence-corrected chi connectivity index (χ3v) is 4.58. The van der Waals surface area contributed by atoms with Crippen molar-refractivity contribution in [3.63, 3.8) is 0 Å². The lowest BCUT2D eigenvalue weighted by Crippen LogP contribution is -2.27. The van der Waals surface area contributed by atoms with Crippen LogP contribution in [-0.2, 0) is 11.2 Å². The summed E-state index contributed by atoms with van der Waals surface area (Å²) in [4.78, 5) is 0. The summed E-state index contributed by atoms with van der Waals surface area (Å²) >= 11 is 0. The van der Waals surface area contributed by atoms with Crippen LogP contribution in [-0.4, -0.2) is 12.2 Å². The van der Waals surface area contributed by atoms with Crippen molar-refractivity contribution >= 4 is 0 Å². The number of ether oxygens (including phenoxy) is 1. The Labute approximate surface area is 173 Å². The predicted molar refractivity (Wildman–Crippen MR) is 125 cm³/mol. The minimum absolute atomic E-state index is 0.117. The van der Waals surface area contributed by atoms with Gasteiger partial charge in [-0.05, 0) is 63.6 Å². The molecule has 0 saturated carbocycles. The maximum Gasteiger partial charge on any atom is 0.0666 e. The van der Waals surface area contributed by atoms with Crippen LogP contribution in [0.15, 0.2) is 66.2 Å². The van der Waals surface area contributed by atoms with Crippen molar-refractivity contribution in [3.05, 3.63) is 71.8 Å². The molecule has 0 aliphatic rings. The van der Waals surface area contributed by atoms with Crippen molar-refractivity contribution in [2.75, 3.05) is 6.61 Å². The molecular formula is C27H40O. The Morgan fingerprint density at radius 2 is 1.43 bits per heavy atom. The fraction of sp³-hybridized carbons (Fsp3) is 0.481. The number of hydrogen-bond donors (Lipinski definition) is 0. The Hall–Kier alpha value is -1.86. The number of rotatable bonds is 10. The van der Waals surface area contributed by atoms with E-state index in [2.05, 4.69) is 88.4 Å². The summed E-state index contributed by atoms with van der Waals surface area (Å²) in [6.07, 6.45) is 8.11. The van der Waals surface area contributed by atoms with E-state index in [1.165, 1.54) is 41.5 Å². The summed E-state index contributed by atoms with van der Waals surface area (Å²) in [6.45, 7) is 13.6. The van der Waals surface area contributed by atoms with Crippen LogP contribution in [0.3, 0.4) is 0 Å². The van der Waals surface area contributed by atoms with Gasteiger partial charge in [0.15, 0.2) is 0 Å². The van der Waals surface area contributed by atoms with E-state index in [0.717, 1.165) is 19.4 Å². The van der Waals surface area contributed by atoms with Crippen LogP contribution in [0, 0.1) is 0 Å². The average molecular weight is 381 g/mol. The molecule has 28 heavy (non-hydrogen) atoms. The van der Waals surface area contributed by atoms with Gasteiger partial charge in [-0.2, -0.15) is 0 Å². The first kappa shape index (κ1) is 24.2. The van der Waals surface area contributed by atoms with Crippen LogP contribution >= 0.6 is 0 Å². The molecule has 0 N–H and O–H groups in total. The van der Waals surface area contributed by atoms with Crippen LogP contribution in [0.1, 0.15) is 72.8 Å². The van der Waals surface area contributed by atoms with Crippen molar-refractivity contribution in [2.45, 2.75) is 79.2 Å². The quantitative estimate of drug-likeness (QED) is 0.298. The molecule has 0 amide bonds. The zero-order valence-electron chi connectivity index (χ0n) is 18.9. The second kappa shape index (κ2) is 13.3. The fourth-order valence-corrected chi connectivity index (χ4v) is 3.15. The lowest BCUT2D eigenvalue weighted by Gasteiger charge is -2.25. The van der Waals surface area contributed by atoms with Crippen LogP contribution in [0.2, 0.25) is 0 Å². The molecule has 0 unspecified atom stereocenters. The van der Waals surface area contributed by atoms with Gasteiger partial charge in [-0.1, -0.05) is 86.5 Å². The van der Waals surface area contributed by atoms with E-state index in [9.17, 15) is 0 Å². The highest BCUT2D eigenvalue weighted by atomic mass is 16.5. The lowest BCUT2D eigenvalue weighted by atomic mass is 9.96. The van der Waals surface area contributed by atoms with E-state index < -0.39 is 0 Å². The Kier molecular flexibility index (Phi) is 11.5. The number of benzene rings is 2. The number of allylic oxidation sites excluding steroid dienone is 2. The van der Waals surface area contributed by atoms with Crippen LogP contribution < -0.4 is 0 Å². The van der Waals surface area contributed by atoms with Crippen molar-refractivity contribution in [1.82, 2.24) is 0 Å². The zero-order chi connectivity index (χ0) is 20.8. The zero-order valence-corrected chi connectivity index (χ0v) is 18.9. The summed E-state index contributed by atoms with van der Waals surface area (Å²) < 4.78 is 6.16. The predicted octanol–water partition coefficient (Wildman–Crippen LogP) is 8.24. The minimum Gasteiger partial charge on any atom is -0.375 e. The maximum absolute atomic E-state index is 6.16. The largest absolute Gasteiger partial charge is 0.375 e. The highest BCUT2D eigenvalue weighted by molar-refractivity contribution is 5.63. The van der Waals surface area contributed by atoms with Crippen molar-refractivity contribution in [1.29, 1.82) is 0 Å². The molecule has 0 atom stereocenters. The second-order valence-corrected chi connectivity index (χ2v) is 7.98. The molecular weight excluding hydrogens is 340 g/mol. The molecule has 0 spiro atoms. The van der Waals surface area contributed by atoms with Gasteiger partial charge in [0.1, 0.15) is 0 Å². The van der Waals surface area contributed by atoms with Crippen molar-refractivity contribution < 1.29 is 4.74 Å². The molecule has 1 heteroatoms. The summed E-state index contributed by atoms with van der Waals surface area (Å²) in [5.74, 6) is 0. The molecule has 0 aliphatic heterocycles. The van der Waals surface area contributed by atoms with Gasteiger partial charge in [0.25, 0.3) is 0 Å².